The second-order valence-corrected chi connectivity index (χ2v) is 5.59. The first-order valence-corrected chi connectivity index (χ1v) is 7.59. The number of halogens is 1. The molecule has 0 aliphatic rings. The molecule has 2 heterocycles. The van der Waals surface area contributed by atoms with Crippen LogP contribution in [0.5, 0.6) is 0 Å². The van der Waals surface area contributed by atoms with Gasteiger partial charge in [-0.2, -0.15) is 5.10 Å². The first-order chi connectivity index (χ1) is 10.9. The highest BCUT2D eigenvalue weighted by atomic mass is 79.9. The number of aryl methyl sites for hydroxylation is 1. The van der Waals surface area contributed by atoms with Gasteiger partial charge in [0, 0.05) is 25.9 Å². The molecule has 0 spiro atoms. The summed E-state index contributed by atoms with van der Waals surface area (Å²) in [4.78, 5) is 23.4. The first-order valence-electron chi connectivity index (χ1n) is 6.80. The Hall–Kier alpha value is -2.42. The summed E-state index contributed by atoms with van der Waals surface area (Å²) < 4.78 is 7.56. The molecule has 23 heavy (non-hydrogen) atoms. The minimum Gasteiger partial charge on any atom is -0.401 e. The number of aromatic nitrogens is 2. The largest absolute Gasteiger partial charge is 0.433 e. The van der Waals surface area contributed by atoms with Crippen molar-refractivity contribution in [2.24, 2.45) is 0 Å². The minimum atomic E-state index is -0.632. The van der Waals surface area contributed by atoms with Crippen LogP contribution in [0.4, 0.5) is 5.88 Å². The van der Waals surface area contributed by atoms with Crippen molar-refractivity contribution in [1.82, 2.24) is 14.7 Å². The molecule has 122 valence electrons. The number of nitrogens with zero attached hydrogens (tertiary/aromatic N) is 4. The Kier molecular flexibility index (Phi) is 5.32. The van der Waals surface area contributed by atoms with Crippen molar-refractivity contribution in [2.45, 2.75) is 20.0 Å². The van der Waals surface area contributed by atoms with Gasteiger partial charge in [-0.3, -0.25) is 19.6 Å². The molecule has 0 radical (unpaired) electrons. The zero-order chi connectivity index (χ0) is 17.0. The summed E-state index contributed by atoms with van der Waals surface area (Å²) in [5, 5.41) is 14.9. The summed E-state index contributed by atoms with van der Waals surface area (Å²) in [6, 6.07) is 2.67. The summed E-state index contributed by atoms with van der Waals surface area (Å²) in [7, 11) is 1.65. The van der Waals surface area contributed by atoms with Crippen LogP contribution in [0, 0.1) is 10.1 Å². The molecule has 0 aliphatic carbocycles. The van der Waals surface area contributed by atoms with Crippen molar-refractivity contribution in [3.8, 4) is 0 Å². The zero-order valence-electron chi connectivity index (χ0n) is 12.6. The molecule has 0 bridgehead atoms. The van der Waals surface area contributed by atoms with E-state index in [1.165, 1.54) is 29.2 Å². The standard InChI is InChI=1S/C14H15BrN4O4/c1-3-18-8-11(15)12(16-18)9-17(2)13(20)6-4-10-5-7-14(23-10)19(21)22/h4-8H,3,9H2,1-2H3/b6-4+. The highest BCUT2D eigenvalue weighted by Gasteiger charge is 2.13. The van der Waals surface area contributed by atoms with Crippen LogP contribution < -0.4 is 0 Å². The quantitative estimate of drug-likeness (QED) is 0.434. The fraction of sp³-hybridized carbons (Fsp3) is 0.286. The van der Waals surface area contributed by atoms with Crippen molar-refractivity contribution < 1.29 is 14.1 Å². The van der Waals surface area contributed by atoms with E-state index in [0.717, 1.165) is 16.7 Å². The van der Waals surface area contributed by atoms with Crippen LogP contribution in [0.1, 0.15) is 18.4 Å². The van der Waals surface area contributed by atoms with E-state index < -0.39 is 4.92 Å². The van der Waals surface area contributed by atoms with E-state index in [4.69, 9.17) is 4.42 Å². The van der Waals surface area contributed by atoms with Crippen molar-refractivity contribution in [2.75, 3.05) is 7.05 Å². The molecule has 0 aromatic carbocycles. The molecule has 1 amide bonds. The molecule has 8 nitrogen and oxygen atoms in total. The molecule has 2 rings (SSSR count). The second-order valence-electron chi connectivity index (χ2n) is 4.74. The SMILES string of the molecule is CCn1cc(Br)c(CN(C)C(=O)/C=C/c2ccc([N+](=O)[O-])o2)n1. The fourth-order valence-electron chi connectivity index (χ4n) is 1.82. The molecular weight excluding hydrogens is 368 g/mol. The van der Waals surface area contributed by atoms with Crippen LogP contribution in [-0.2, 0) is 17.9 Å². The molecule has 0 saturated carbocycles. The maximum Gasteiger partial charge on any atom is 0.433 e. The molecule has 0 aliphatic heterocycles. The van der Waals surface area contributed by atoms with Gasteiger partial charge in [-0.05, 0) is 35.0 Å². The summed E-state index contributed by atoms with van der Waals surface area (Å²) in [6.07, 6.45) is 4.55. The Labute approximate surface area is 140 Å². The summed E-state index contributed by atoms with van der Waals surface area (Å²) in [5.41, 5.74) is 0.754. The maximum absolute atomic E-state index is 12.1. The van der Waals surface area contributed by atoms with Gasteiger partial charge in [-0.15, -0.1) is 0 Å². The average molecular weight is 383 g/mol. The van der Waals surface area contributed by atoms with Crippen LogP contribution in [0.3, 0.4) is 0 Å². The van der Waals surface area contributed by atoms with Gasteiger partial charge < -0.3 is 9.32 Å². The number of likely N-dealkylation sites (N-methyl/N-ethyl adjacent to an activating group) is 1. The van der Waals surface area contributed by atoms with E-state index in [0.29, 0.717) is 6.54 Å². The van der Waals surface area contributed by atoms with E-state index in [9.17, 15) is 14.9 Å². The molecule has 2 aromatic rings. The van der Waals surface area contributed by atoms with Gasteiger partial charge in [0.05, 0.1) is 22.8 Å². The van der Waals surface area contributed by atoms with Gasteiger partial charge in [0.15, 0.2) is 0 Å². The molecule has 0 atom stereocenters. The number of carbonyl (C=O) groups excluding carboxylic acids is 1. The lowest BCUT2D eigenvalue weighted by Crippen LogP contribution is -2.24. The highest BCUT2D eigenvalue weighted by Crippen LogP contribution is 2.18. The third-order valence-electron chi connectivity index (χ3n) is 3.06. The van der Waals surface area contributed by atoms with Gasteiger partial charge >= 0.3 is 5.88 Å². The van der Waals surface area contributed by atoms with Gasteiger partial charge in [0.25, 0.3) is 0 Å². The molecule has 0 unspecified atom stereocenters. The lowest BCUT2D eigenvalue weighted by atomic mass is 10.3. The Morgan fingerprint density at radius 2 is 2.30 bits per heavy atom. The number of carbonyl (C=O) groups is 1. The molecule has 0 saturated heterocycles. The van der Waals surface area contributed by atoms with E-state index in [1.807, 2.05) is 13.1 Å². The molecular formula is C14H15BrN4O4. The summed E-state index contributed by atoms with van der Waals surface area (Å²) in [6.45, 7) is 3.06. The van der Waals surface area contributed by atoms with E-state index in [1.54, 1.807) is 11.7 Å². The first kappa shape index (κ1) is 16.9. The third kappa shape index (κ3) is 4.28. The number of furan rings is 1. The number of nitro groups is 1. The fourth-order valence-corrected chi connectivity index (χ4v) is 2.26. The number of hydrogen-bond donors (Lipinski definition) is 0. The molecule has 0 fully saturated rings. The monoisotopic (exact) mass is 382 g/mol. The van der Waals surface area contributed by atoms with Gasteiger partial charge in [-0.25, -0.2) is 0 Å². The lowest BCUT2D eigenvalue weighted by molar-refractivity contribution is -0.402. The zero-order valence-corrected chi connectivity index (χ0v) is 14.2. The van der Waals surface area contributed by atoms with Crippen molar-refractivity contribution >= 4 is 33.8 Å². The maximum atomic E-state index is 12.1. The molecule has 2 aromatic heterocycles. The Balaban J connectivity index is 1.99. The predicted molar refractivity (Wildman–Crippen MR) is 86.5 cm³/mol. The normalized spacial score (nSPS) is 11.1. The smallest absolute Gasteiger partial charge is 0.401 e. The van der Waals surface area contributed by atoms with Crippen LogP contribution in [0.15, 0.2) is 33.3 Å². The Morgan fingerprint density at radius 1 is 1.57 bits per heavy atom. The topological polar surface area (TPSA) is 94.4 Å². The van der Waals surface area contributed by atoms with Crippen molar-refractivity contribution in [3.05, 3.63) is 50.4 Å². The lowest BCUT2D eigenvalue weighted by Gasteiger charge is -2.13. The van der Waals surface area contributed by atoms with Gasteiger partial charge in [-0.1, -0.05) is 0 Å². The van der Waals surface area contributed by atoms with Crippen LogP contribution >= 0.6 is 15.9 Å². The number of amides is 1. The molecule has 0 N–H and O–H groups in total. The van der Waals surface area contributed by atoms with E-state index in [-0.39, 0.29) is 17.6 Å². The van der Waals surface area contributed by atoms with Crippen LogP contribution in [-0.4, -0.2) is 32.6 Å². The van der Waals surface area contributed by atoms with E-state index >= 15 is 0 Å². The number of rotatable bonds is 6. The summed E-state index contributed by atoms with van der Waals surface area (Å²) >= 11 is 3.41. The third-order valence-corrected chi connectivity index (χ3v) is 3.72. The summed E-state index contributed by atoms with van der Waals surface area (Å²) in [5.74, 6) is -0.378. The average Bonchev–Trinajstić information content (AvgIpc) is 3.12. The Morgan fingerprint density at radius 3 is 2.87 bits per heavy atom. The second kappa shape index (κ2) is 7.23. The number of hydrogen-bond acceptors (Lipinski definition) is 5. The van der Waals surface area contributed by atoms with Gasteiger partial charge in [0.2, 0.25) is 5.91 Å². The van der Waals surface area contributed by atoms with Crippen LogP contribution in [0.2, 0.25) is 0 Å². The highest BCUT2D eigenvalue weighted by molar-refractivity contribution is 9.10. The van der Waals surface area contributed by atoms with E-state index in [2.05, 4.69) is 21.0 Å². The van der Waals surface area contributed by atoms with Gasteiger partial charge in [0.1, 0.15) is 10.7 Å². The Bertz CT molecular complexity index is 750. The minimum absolute atomic E-state index is 0.245. The van der Waals surface area contributed by atoms with Crippen LogP contribution in [0.25, 0.3) is 6.08 Å². The molecule has 9 heteroatoms. The van der Waals surface area contributed by atoms with Crippen molar-refractivity contribution in [1.29, 1.82) is 0 Å². The van der Waals surface area contributed by atoms with Crippen molar-refractivity contribution in [3.63, 3.8) is 0 Å². The predicted octanol–water partition coefficient (Wildman–Crippen LogP) is 2.84.